The van der Waals surface area contributed by atoms with E-state index in [1.807, 2.05) is 0 Å². The maximum absolute atomic E-state index is 12.3. The molecule has 0 fully saturated rings. The number of carbonyl (C=O) groups is 2. The number of benzene rings is 2. The first kappa shape index (κ1) is 15.4. The highest BCUT2D eigenvalue weighted by atomic mass is 35.5. The smallest absolute Gasteiger partial charge is 0.288 e. The fraction of sp³-hybridized carbons (Fsp3) is 0. The van der Waals surface area contributed by atoms with Gasteiger partial charge in [0.25, 0.3) is 5.69 Å². The molecule has 0 saturated heterocycles. The van der Waals surface area contributed by atoms with Crippen molar-refractivity contribution in [2.45, 2.75) is 0 Å². The lowest BCUT2D eigenvalue weighted by atomic mass is 10.1. The summed E-state index contributed by atoms with van der Waals surface area (Å²) in [7, 11) is 0. The zero-order chi connectivity index (χ0) is 16.7. The molecule has 0 aliphatic heterocycles. The zero-order valence-electron chi connectivity index (χ0n) is 11.4. The number of carbonyl (C=O) groups excluding carboxylic acids is 2. The van der Waals surface area contributed by atoms with Crippen molar-refractivity contribution in [3.8, 4) is 0 Å². The molecule has 0 unspecified atom stereocenters. The molecule has 2 aromatic rings. The van der Waals surface area contributed by atoms with Gasteiger partial charge in [-0.2, -0.15) is 0 Å². The second-order valence-electron chi connectivity index (χ2n) is 4.84. The monoisotopic (exact) mass is 347 g/mol. The Hall–Kier alpha value is -2.50. The van der Waals surface area contributed by atoms with Crippen molar-refractivity contribution >= 4 is 46.5 Å². The summed E-state index contributed by atoms with van der Waals surface area (Å²) in [5.41, 5.74) is 0.377. The Morgan fingerprint density at radius 3 is 2.04 bits per heavy atom. The summed E-state index contributed by atoms with van der Waals surface area (Å²) in [5.74, 6) is -0.862. The molecule has 3 rings (SSSR count). The van der Waals surface area contributed by atoms with Gasteiger partial charge in [0.05, 0.1) is 10.5 Å². The Labute approximate surface area is 140 Å². The molecule has 0 N–H and O–H groups in total. The van der Waals surface area contributed by atoms with Crippen molar-refractivity contribution in [1.29, 1.82) is 0 Å². The minimum Gasteiger partial charge on any atom is -0.288 e. The third kappa shape index (κ3) is 2.54. The van der Waals surface area contributed by atoms with Gasteiger partial charge < -0.3 is 0 Å². The summed E-state index contributed by atoms with van der Waals surface area (Å²) in [6.07, 6.45) is 1.26. The van der Waals surface area contributed by atoms with Gasteiger partial charge in [-0.05, 0) is 12.1 Å². The average molecular weight is 348 g/mol. The number of nitro benzene ring substituents is 1. The molecule has 7 heteroatoms. The lowest BCUT2D eigenvalue weighted by Gasteiger charge is -2.02. The van der Waals surface area contributed by atoms with E-state index in [2.05, 4.69) is 0 Å². The third-order valence-electron chi connectivity index (χ3n) is 3.47. The molecule has 23 heavy (non-hydrogen) atoms. The van der Waals surface area contributed by atoms with E-state index in [0.717, 1.165) is 6.07 Å². The molecule has 0 amide bonds. The van der Waals surface area contributed by atoms with Crippen LogP contribution < -0.4 is 0 Å². The number of rotatable bonds is 2. The van der Waals surface area contributed by atoms with E-state index in [-0.39, 0.29) is 26.9 Å². The number of hydrogen-bond donors (Lipinski definition) is 0. The van der Waals surface area contributed by atoms with Crippen LogP contribution in [0.5, 0.6) is 0 Å². The fourth-order valence-corrected chi connectivity index (χ4v) is 2.87. The summed E-state index contributed by atoms with van der Waals surface area (Å²) >= 11 is 11.8. The molecule has 0 aromatic heterocycles. The Morgan fingerprint density at radius 2 is 1.52 bits per heavy atom. The largest absolute Gasteiger partial charge is 0.288 e. The van der Waals surface area contributed by atoms with E-state index < -0.39 is 16.5 Å². The quantitative estimate of drug-likeness (QED) is 0.350. The van der Waals surface area contributed by atoms with Gasteiger partial charge in [0.15, 0.2) is 11.6 Å². The van der Waals surface area contributed by atoms with Gasteiger partial charge in [-0.1, -0.05) is 47.5 Å². The van der Waals surface area contributed by atoms with Crippen LogP contribution >= 0.6 is 23.2 Å². The molecule has 0 spiro atoms. The maximum atomic E-state index is 12.3. The van der Waals surface area contributed by atoms with Crippen LogP contribution in [-0.4, -0.2) is 16.5 Å². The van der Waals surface area contributed by atoms with Gasteiger partial charge in [-0.25, -0.2) is 0 Å². The lowest BCUT2D eigenvalue weighted by molar-refractivity contribution is -0.384. The number of ketones is 2. The van der Waals surface area contributed by atoms with Crippen LogP contribution in [0, 0.1) is 10.1 Å². The van der Waals surface area contributed by atoms with E-state index >= 15 is 0 Å². The number of hydrogen-bond acceptors (Lipinski definition) is 4. The molecule has 1 aliphatic carbocycles. The van der Waals surface area contributed by atoms with Gasteiger partial charge in [-0.15, -0.1) is 0 Å². The first-order valence-corrected chi connectivity index (χ1v) is 7.19. The number of nitrogens with zero attached hydrogens (tertiary/aromatic N) is 1. The van der Waals surface area contributed by atoms with Gasteiger partial charge in [-0.3, -0.25) is 19.7 Å². The summed E-state index contributed by atoms with van der Waals surface area (Å²) in [4.78, 5) is 34.9. The molecule has 1 aliphatic rings. The highest BCUT2D eigenvalue weighted by molar-refractivity contribution is 6.42. The first-order valence-electron chi connectivity index (χ1n) is 6.43. The second-order valence-corrected chi connectivity index (χ2v) is 5.66. The van der Waals surface area contributed by atoms with E-state index in [4.69, 9.17) is 23.2 Å². The minimum absolute atomic E-state index is 0.0790. The van der Waals surface area contributed by atoms with E-state index in [0.29, 0.717) is 11.1 Å². The maximum Gasteiger partial charge on any atom is 0.288 e. The van der Waals surface area contributed by atoms with Crippen molar-refractivity contribution in [2.24, 2.45) is 0 Å². The summed E-state index contributed by atoms with van der Waals surface area (Å²) in [6, 6.07) is 8.79. The third-order valence-corrected chi connectivity index (χ3v) is 4.10. The molecule has 0 radical (unpaired) electrons. The zero-order valence-corrected chi connectivity index (χ0v) is 12.9. The van der Waals surface area contributed by atoms with E-state index in [1.165, 1.54) is 12.1 Å². The number of fused-ring (bicyclic) bond motifs is 1. The van der Waals surface area contributed by atoms with Crippen LogP contribution in [0.25, 0.3) is 6.08 Å². The van der Waals surface area contributed by atoms with Gasteiger partial charge in [0, 0.05) is 27.8 Å². The van der Waals surface area contributed by atoms with Crippen LogP contribution in [0.15, 0.2) is 42.0 Å². The highest BCUT2D eigenvalue weighted by Gasteiger charge is 2.32. The Kier molecular flexibility index (Phi) is 3.75. The van der Waals surface area contributed by atoms with Crippen molar-refractivity contribution in [1.82, 2.24) is 0 Å². The minimum atomic E-state index is -0.659. The summed E-state index contributed by atoms with van der Waals surface area (Å²) in [5, 5.41) is 11.0. The van der Waals surface area contributed by atoms with Crippen LogP contribution in [0.3, 0.4) is 0 Å². The number of halogens is 2. The lowest BCUT2D eigenvalue weighted by Crippen LogP contribution is -2.00. The SMILES string of the molecule is O=C1C(=Cc2cc([N+](=O)[O-])c(Cl)cc2Cl)C(=O)c2ccccc21. The van der Waals surface area contributed by atoms with Crippen molar-refractivity contribution in [3.05, 3.63) is 78.8 Å². The second kappa shape index (κ2) is 5.61. The van der Waals surface area contributed by atoms with Crippen LogP contribution in [0.4, 0.5) is 5.69 Å². The van der Waals surface area contributed by atoms with E-state index in [9.17, 15) is 19.7 Å². The summed E-state index contributed by atoms with van der Waals surface area (Å²) in [6.45, 7) is 0. The molecule has 114 valence electrons. The van der Waals surface area contributed by atoms with E-state index in [1.54, 1.807) is 24.3 Å². The van der Waals surface area contributed by atoms with Gasteiger partial charge in [0.1, 0.15) is 5.02 Å². The van der Waals surface area contributed by atoms with Crippen LogP contribution in [0.2, 0.25) is 10.0 Å². The van der Waals surface area contributed by atoms with Crippen LogP contribution in [0.1, 0.15) is 26.3 Å². The number of nitro groups is 1. The molecule has 0 saturated carbocycles. The molecule has 0 atom stereocenters. The van der Waals surface area contributed by atoms with Crippen molar-refractivity contribution in [2.75, 3.05) is 0 Å². The number of allylic oxidation sites excluding steroid dienone is 1. The predicted molar refractivity (Wildman–Crippen MR) is 86.2 cm³/mol. The van der Waals surface area contributed by atoms with Crippen molar-refractivity contribution in [3.63, 3.8) is 0 Å². The molecule has 0 heterocycles. The van der Waals surface area contributed by atoms with Crippen molar-refractivity contribution < 1.29 is 14.5 Å². The fourth-order valence-electron chi connectivity index (χ4n) is 2.36. The molecule has 2 aromatic carbocycles. The Morgan fingerprint density at radius 1 is 0.957 bits per heavy atom. The molecule has 0 bridgehead atoms. The number of Topliss-reactive ketones (excluding diaryl/α,β-unsaturated/α-hetero) is 2. The van der Waals surface area contributed by atoms with Crippen LogP contribution in [-0.2, 0) is 0 Å². The first-order chi connectivity index (χ1) is 10.9. The topological polar surface area (TPSA) is 77.3 Å². The summed E-state index contributed by atoms with van der Waals surface area (Å²) < 4.78 is 0. The normalized spacial score (nSPS) is 13.2. The molecular formula is C16H7Cl2NO4. The standard InChI is InChI=1S/C16H7Cl2NO4/c17-12-7-13(18)14(19(22)23)6-8(12)5-11-15(20)9-3-1-2-4-10(9)16(11)21/h1-7H. The Bertz CT molecular complexity index is 881. The van der Waals surface area contributed by atoms with Gasteiger partial charge >= 0.3 is 0 Å². The van der Waals surface area contributed by atoms with Gasteiger partial charge in [0.2, 0.25) is 0 Å². The average Bonchev–Trinajstić information content (AvgIpc) is 2.75. The Balaban J connectivity index is 2.14. The highest BCUT2D eigenvalue weighted by Crippen LogP contribution is 2.34. The molecular weight excluding hydrogens is 341 g/mol. The predicted octanol–water partition coefficient (Wildman–Crippen LogP) is 4.36. The molecule has 5 nitrogen and oxygen atoms in total.